The second-order valence-corrected chi connectivity index (χ2v) is 7.05. The van der Waals surface area contributed by atoms with Crippen molar-refractivity contribution in [1.82, 2.24) is 9.55 Å². The highest BCUT2D eigenvalue weighted by molar-refractivity contribution is 8.00. The number of fused-ring (bicyclic) bond motifs is 2. The zero-order valence-corrected chi connectivity index (χ0v) is 14.2. The van der Waals surface area contributed by atoms with Crippen molar-refractivity contribution in [2.75, 3.05) is 11.1 Å². The van der Waals surface area contributed by atoms with Crippen molar-refractivity contribution in [2.24, 2.45) is 0 Å². The first-order chi connectivity index (χ1) is 11.1. The van der Waals surface area contributed by atoms with E-state index in [2.05, 4.69) is 40.0 Å². The Kier molecular flexibility index (Phi) is 3.50. The number of H-pyrrole nitrogens is 1. The molecule has 0 spiro atoms. The number of imidazole rings is 1. The number of thioether (sulfide) groups is 1. The van der Waals surface area contributed by atoms with E-state index in [1.807, 2.05) is 18.2 Å². The van der Waals surface area contributed by atoms with Gasteiger partial charge in [-0.15, -0.1) is 11.8 Å². The molecule has 4 nitrogen and oxygen atoms in total. The molecule has 2 N–H and O–H groups in total. The van der Waals surface area contributed by atoms with Gasteiger partial charge in [-0.05, 0) is 42.4 Å². The highest BCUT2D eigenvalue weighted by atomic mass is 32.2. The first-order valence-corrected chi connectivity index (χ1v) is 8.75. The van der Waals surface area contributed by atoms with Crippen LogP contribution in [0.25, 0.3) is 11.0 Å². The normalized spacial score (nSPS) is 13.9. The lowest BCUT2D eigenvalue weighted by molar-refractivity contribution is -0.113. The Morgan fingerprint density at radius 3 is 2.96 bits per heavy atom. The largest absolute Gasteiger partial charge is 0.330 e. The number of aromatic amines is 1. The molecule has 4 rings (SSSR count). The summed E-state index contributed by atoms with van der Waals surface area (Å²) in [5.74, 6) is 0.501. The van der Waals surface area contributed by atoms with E-state index in [1.165, 1.54) is 11.1 Å². The number of aromatic nitrogens is 2. The summed E-state index contributed by atoms with van der Waals surface area (Å²) < 4.78 is 2.81. The highest BCUT2D eigenvalue weighted by Crippen LogP contribution is 2.35. The molecular weight excluding hydrogens is 326 g/mol. The van der Waals surface area contributed by atoms with Crippen LogP contribution in [-0.4, -0.2) is 21.2 Å². The predicted octanol–water partition coefficient (Wildman–Crippen LogP) is 4.10. The number of anilines is 1. The Bertz CT molecular complexity index is 987. The number of nitrogens with one attached hydrogen (secondary N) is 2. The van der Waals surface area contributed by atoms with Gasteiger partial charge in [0.05, 0.1) is 29.0 Å². The Morgan fingerprint density at radius 2 is 2.13 bits per heavy atom. The average molecular weight is 341 g/mol. The van der Waals surface area contributed by atoms with Crippen LogP contribution < -0.4 is 5.32 Å². The number of carbonyl (C=O) groups excluding carboxylic acids is 1. The topological polar surface area (TPSA) is 49.8 Å². The third-order valence-corrected chi connectivity index (χ3v) is 5.48. The molecule has 0 saturated carbocycles. The highest BCUT2D eigenvalue weighted by Gasteiger charge is 2.18. The molecule has 0 aliphatic carbocycles. The lowest BCUT2D eigenvalue weighted by atomic mass is 10.1. The fourth-order valence-electron chi connectivity index (χ4n) is 2.85. The number of hydrogen-bond donors (Lipinski definition) is 2. The first kappa shape index (κ1) is 14.5. The molecule has 0 unspecified atom stereocenters. The maximum Gasteiger partial charge on any atom is 0.234 e. The standard InChI is InChI=1S/C17H15N3OS2/c1-10-4-2-3-5-11(10)8-20-14-7-15-13(18-16(21)9-23-15)6-12(14)19-17(20)22/h2-7H,8-9H2,1H3,(H,18,21)(H,19,22). The van der Waals surface area contributed by atoms with Gasteiger partial charge in [0.2, 0.25) is 5.91 Å². The van der Waals surface area contributed by atoms with Crippen molar-refractivity contribution >= 4 is 46.6 Å². The van der Waals surface area contributed by atoms with Gasteiger partial charge in [-0.3, -0.25) is 4.79 Å². The van der Waals surface area contributed by atoms with Crippen LogP contribution in [0.1, 0.15) is 11.1 Å². The van der Waals surface area contributed by atoms with Crippen LogP contribution in [0, 0.1) is 11.7 Å². The quantitative estimate of drug-likeness (QED) is 0.690. The number of amides is 1. The van der Waals surface area contributed by atoms with Crippen molar-refractivity contribution in [2.45, 2.75) is 18.4 Å². The van der Waals surface area contributed by atoms with Crippen LogP contribution in [0.15, 0.2) is 41.3 Å². The Labute approximate surface area is 142 Å². The van der Waals surface area contributed by atoms with E-state index in [0.29, 0.717) is 10.5 Å². The van der Waals surface area contributed by atoms with E-state index in [1.54, 1.807) is 11.8 Å². The number of hydrogen-bond acceptors (Lipinski definition) is 3. The monoisotopic (exact) mass is 341 g/mol. The summed E-state index contributed by atoms with van der Waals surface area (Å²) in [5, 5.41) is 2.92. The van der Waals surface area contributed by atoms with Gasteiger partial charge in [0.15, 0.2) is 4.77 Å². The molecule has 1 aromatic heterocycles. The van der Waals surface area contributed by atoms with Crippen LogP contribution >= 0.6 is 24.0 Å². The van der Waals surface area contributed by atoms with E-state index in [0.717, 1.165) is 28.2 Å². The van der Waals surface area contributed by atoms with Crippen LogP contribution in [0.5, 0.6) is 0 Å². The van der Waals surface area contributed by atoms with Gasteiger partial charge in [0.25, 0.3) is 0 Å². The van der Waals surface area contributed by atoms with E-state index in [4.69, 9.17) is 12.2 Å². The van der Waals surface area contributed by atoms with Gasteiger partial charge in [-0.25, -0.2) is 0 Å². The molecule has 1 aliphatic rings. The summed E-state index contributed by atoms with van der Waals surface area (Å²) in [4.78, 5) is 15.9. The minimum absolute atomic E-state index is 0.0415. The summed E-state index contributed by atoms with van der Waals surface area (Å²) in [7, 11) is 0. The van der Waals surface area contributed by atoms with Crippen molar-refractivity contribution in [3.05, 3.63) is 52.3 Å². The second-order valence-electron chi connectivity index (χ2n) is 5.65. The van der Waals surface area contributed by atoms with Gasteiger partial charge in [-0.1, -0.05) is 24.3 Å². The maximum absolute atomic E-state index is 11.5. The molecular formula is C17H15N3OS2. The molecule has 0 atom stereocenters. The molecule has 0 fully saturated rings. The summed E-state index contributed by atoms with van der Waals surface area (Å²) >= 11 is 7.07. The molecule has 0 radical (unpaired) electrons. The fraction of sp³-hybridized carbons (Fsp3) is 0.176. The van der Waals surface area contributed by atoms with E-state index in [-0.39, 0.29) is 5.91 Å². The summed E-state index contributed by atoms with van der Waals surface area (Å²) in [6, 6.07) is 12.4. The minimum atomic E-state index is 0.0415. The number of carbonyl (C=O) groups is 1. The molecule has 3 aromatic rings. The zero-order chi connectivity index (χ0) is 16.0. The van der Waals surface area contributed by atoms with Crippen LogP contribution in [0.2, 0.25) is 0 Å². The number of nitrogens with zero attached hydrogens (tertiary/aromatic N) is 1. The molecule has 1 amide bonds. The van der Waals surface area contributed by atoms with E-state index in [9.17, 15) is 4.79 Å². The Balaban J connectivity index is 1.84. The number of benzene rings is 2. The second kappa shape index (κ2) is 5.54. The molecule has 2 heterocycles. The lowest BCUT2D eigenvalue weighted by Crippen LogP contribution is -2.18. The minimum Gasteiger partial charge on any atom is -0.330 e. The molecule has 6 heteroatoms. The van der Waals surface area contributed by atoms with Crippen molar-refractivity contribution in [3.8, 4) is 0 Å². The van der Waals surface area contributed by atoms with Gasteiger partial charge >= 0.3 is 0 Å². The number of rotatable bonds is 2. The van der Waals surface area contributed by atoms with Gasteiger partial charge in [-0.2, -0.15) is 0 Å². The Morgan fingerprint density at radius 1 is 1.30 bits per heavy atom. The maximum atomic E-state index is 11.5. The summed E-state index contributed by atoms with van der Waals surface area (Å²) in [6.07, 6.45) is 0. The van der Waals surface area contributed by atoms with E-state index >= 15 is 0 Å². The summed E-state index contributed by atoms with van der Waals surface area (Å²) in [6.45, 7) is 2.85. The van der Waals surface area contributed by atoms with Crippen LogP contribution in [0.3, 0.4) is 0 Å². The molecule has 23 heavy (non-hydrogen) atoms. The lowest BCUT2D eigenvalue weighted by Gasteiger charge is -2.16. The number of aryl methyl sites for hydroxylation is 1. The first-order valence-electron chi connectivity index (χ1n) is 7.35. The average Bonchev–Trinajstić information content (AvgIpc) is 2.82. The molecule has 0 bridgehead atoms. The molecule has 1 aliphatic heterocycles. The van der Waals surface area contributed by atoms with Gasteiger partial charge in [0.1, 0.15) is 0 Å². The van der Waals surface area contributed by atoms with Gasteiger partial charge < -0.3 is 14.9 Å². The van der Waals surface area contributed by atoms with Crippen LogP contribution in [0.4, 0.5) is 5.69 Å². The van der Waals surface area contributed by atoms with Crippen LogP contribution in [-0.2, 0) is 11.3 Å². The third-order valence-electron chi connectivity index (χ3n) is 4.10. The van der Waals surface area contributed by atoms with E-state index < -0.39 is 0 Å². The summed E-state index contributed by atoms with van der Waals surface area (Å²) in [5.41, 5.74) is 5.38. The SMILES string of the molecule is Cc1ccccc1Cn1c(=S)[nH]c2cc3c(cc21)SCC(=O)N3. The van der Waals surface area contributed by atoms with Crippen molar-refractivity contribution in [1.29, 1.82) is 0 Å². The van der Waals surface area contributed by atoms with Gasteiger partial charge in [0, 0.05) is 4.90 Å². The third kappa shape index (κ3) is 2.58. The van der Waals surface area contributed by atoms with Crippen molar-refractivity contribution < 1.29 is 4.79 Å². The molecule has 0 saturated heterocycles. The van der Waals surface area contributed by atoms with Crippen molar-refractivity contribution in [3.63, 3.8) is 0 Å². The smallest absolute Gasteiger partial charge is 0.234 e. The molecule has 116 valence electrons. The predicted molar refractivity (Wildman–Crippen MR) is 96.8 cm³/mol. The fourth-order valence-corrected chi connectivity index (χ4v) is 3.94. The Hall–Kier alpha value is -2.05. The zero-order valence-electron chi connectivity index (χ0n) is 12.6. The molecule has 2 aromatic carbocycles.